The van der Waals surface area contributed by atoms with E-state index in [1.54, 1.807) is 19.4 Å². The molecular weight excluding hydrogens is 242 g/mol. The summed E-state index contributed by atoms with van der Waals surface area (Å²) in [5, 5.41) is 6.09. The van der Waals surface area contributed by atoms with Crippen molar-refractivity contribution in [2.24, 2.45) is 0 Å². The van der Waals surface area contributed by atoms with Crippen LogP contribution in [0.5, 0.6) is 0 Å². The number of pyridine rings is 1. The van der Waals surface area contributed by atoms with Gasteiger partial charge in [0.05, 0.1) is 12.2 Å². The Bertz CT molecular complexity index is 435. The van der Waals surface area contributed by atoms with Gasteiger partial charge in [0.25, 0.3) is 5.91 Å². The molecule has 0 aromatic carbocycles. The van der Waals surface area contributed by atoms with E-state index in [4.69, 9.17) is 4.74 Å². The van der Waals surface area contributed by atoms with Gasteiger partial charge in [-0.3, -0.25) is 4.79 Å². The third-order valence-corrected chi connectivity index (χ3v) is 2.98. The molecule has 2 N–H and O–H groups in total. The van der Waals surface area contributed by atoms with Gasteiger partial charge in [0.2, 0.25) is 0 Å². The van der Waals surface area contributed by atoms with Crippen molar-refractivity contribution in [2.75, 3.05) is 25.6 Å². The second-order valence-electron chi connectivity index (χ2n) is 4.46. The minimum atomic E-state index is -0.126. The van der Waals surface area contributed by atoms with Gasteiger partial charge in [0, 0.05) is 25.9 Å². The van der Waals surface area contributed by atoms with Crippen LogP contribution in [0.2, 0.25) is 0 Å². The average Bonchev–Trinajstić information content (AvgIpc) is 2.93. The summed E-state index contributed by atoms with van der Waals surface area (Å²) in [5.41, 5.74) is 0.561. The van der Waals surface area contributed by atoms with E-state index in [9.17, 15) is 4.79 Å². The third-order valence-electron chi connectivity index (χ3n) is 2.98. The number of ether oxygens (including phenoxy) is 1. The molecule has 19 heavy (non-hydrogen) atoms. The molecule has 0 bridgehead atoms. The Hall–Kier alpha value is -1.88. The number of aromatic nitrogens is 1. The first-order valence-corrected chi connectivity index (χ1v) is 6.44. The van der Waals surface area contributed by atoms with Crippen molar-refractivity contribution in [1.29, 1.82) is 0 Å². The van der Waals surface area contributed by atoms with Crippen molar-refractivity contribution in [3.05, 3.63) is 36.0 Å². The van der Waals surface area contributed by atoms with Gasteiger partial charge in [-0.1, -0.05) is 12.2 Å². The maximum Gasteiger partial charge on any atom is 0.252 e. The molecular formula is C14H19N3O2. The summed E-state index contributed by atoms with van der Waals surface area (Å²) in [5.74, 6) is 0.681. The third kappa shape index (κ3) is 4.06. The lowest BCUT2D eigenvalue weighted by atomic mass is 10.2. The number of carbonyl (C=O) groups excluding carboxylic acids is 1. The summed E-state index contributed by atoms with van der Waals surface area (Å²) in [6, 6.07) is 4.04. The highest BCUT2D eigenvalue weighted by atomic mass is 16.5. The molecule has 1 aliphatic rings. The van der Waals surface area contributed by atoms with E-state index in [-0.39, 0.29) is 5.91 Å². The second kappa shape index (κ2) is 6.89. The highest BCUT2D eigenvalue weighted by Gasteiger charge is 2.11. The second-order valence-corrected chi connectivity index (χ2v) is 4.46. The zero-order valence-corrected chi connectivity index (χ0v) is 11.1. The highest BCUT2D eigenvalue weighted by Crippen LogP contribution is 2.15. The number of rotatable bonds is 6. The monoisotopic (exact) mass is 261 g/mol. The lowest BCUT2D eigenvalue weighted by molar-refractivity contribution is 0.0937. The summed E-state index contributed by atoms with van der Waals surface area (Å²) in [6.07, 6.45) is 7.97. The van der Waals surface area contributed by atoms with Gasteiger partial charge in [-0.25, -0.2) is 4.98 Å². The lowest BCUT2D eigenvalue weighted by Crippen LogP contribution is -2.27. The number of nitrogens with zero attached hydrogens (tertiary/aromatic N) is 1. The van der Waals surface area contributed by atoms with Crippen molar-refractivity contribution in [2.45, 2.75) is 18.9 Å². The van der Waals surface area contributed by atoms with Crippen molar-refractivity contribution >= 4 is 11.7 Å². The molecule has 0 unspecified atom stereocenters. The number of anilines is 1. The van der Waals surface area contributed by atoms with E-state index in [2.05, 4.69) is 27.8 Å². The largest absolute Gasteiger partial charge is 0.383 e. The maximum absolute atomic E-state index is 11.7. The molecule has 1 aromatic rings. The number of amides is 1. The highest BCUT2D eigenvalue weighted by molar-refractivity contribution is 5.94. The molecule has 0 saturated heterocycles. The number of nitrogens with one attached hydrogen (secondary N) is 2. The number of hydrogen-bond acceptors (Lipinski definition) is 4. The summed E-state index contributed by atoms with van der Waals surface area (Å²) in [7, 11) is 1.60. The fraction of sp³-hybridized carbons (Fsp3) is 0.429. The van der Waals surface area contributed by atoms with Crippen LogP contribution in [0, 0.1) is 0 Å². The molecule has 5 nitrogen and oxygen atoms in total. The molecule has 0 radical (unpaired) electrons. The topological polar surface area (TPSA) is 63.2 Å². The van der Waals surface area contributed by atoms with E-state index < -0.39 is 0 Å². The van der Waals surface area contributed by atoms with Gasteiger partial charge in [-0.05, 0) is 25.0 Å². The number of methoxy groups -OCH3 is 1. The Morgan fingerprint density at radius 2 is 2.21 bits per heavy atom. The van der Waals surface area contributed by atoms with Crippen LogP contribution in [-0.4, -0.2) is 37.2 Å². The van der Waals surface area contributed by atoms with Gasteiger partial charge < -0.3 is 15.4 Å². The molecule has 0 spiro atoms. The van der Waals surface area contributed by atoms with Crippen LogP contribution in [-0.2, 0) is 4.74 Å². The van der Waals surface area contributed by atoms with Crippen LogP contribution in [0.4, 0.5) is 5.82 Å². The Morgan fingerprint density at radius 3 is 2.84 bits per heavy atom. The molecule has 0 atom stereocenters. The lowest BCUT2D eigenvalue weighted by Gasteiger charge is -2.12. The Morgan fingerprint density at radius 1 is 1.42 bits per heavy atom. The van der Waals surface area contributed by atoms with Crippen LogP contribution >= 0.6 is 0 Å². The Labute approximate surface area is 113 Å². The van der Waals surface area contributed by atoms with Crippen molar-refractivity contribution < 1.29 is 9.53 Å². The molecule has 0 saturated carbocycles. The molecule has 5 heteroatoms. The Balaban J connectivity index is 1.85. The average molecular weight is 261 g/mol. The zero-order chi connectivity index (χ0) is 13.5. The van der Waals surface area contributed by atoms with E-state index in [1.807, 2.05) is 6.07 Å². The fourth-order valence-electron chi connectivity index (χ4n) is 1.93. The van der Waals surface area contributed by atoms with Gasteiger partial charge in [-0.15, -0.1) is 0 Å². The quantitative estimate of drug-likeness (QED) is 0.603. The minimum absolute atomic E-state index is 0.126. The summed E-state index contributed by atoms with van der Waals surface area (Å²) in [4.78, 5) is 16.0. The van der Waals surface area contributed by atoms with Gasteiger partial charge in [0.15, 0.2) is 0 Å². The van der Waals surface area contributed by atoms with Crippen LogP contribution in [0.3, 0.4) is 0 Å². The fourth-order valence-corrected chi connectivity index (χ4v) is 1.93. The predicted molar refractivity (Wildman–Crippen MR) is 74.2 cm³/mol. The normalized spacial score (nSPS) is 14.6. The maximum atomic E-state index is 11.7. The first kappa shape index (κ1) is 13.5. The standard InChI is InChI=1S/C14H19N3O2/c1-19-9-8-15-14(18)11-6-7-13(16-10-11)17-12-4-2-3-5-12/h2-3,6-7,10,12H,4-5,8-9H2,1H3,(H,15,18)(H,16,17). The number of hydrogen-bond donors (Lipinski definition) is 2. The molecule has 1 amide bonds. The van der Waals surface area contributed by atoms with Gasteiger partial charge in [0.1, 0.15) is 5.82 Å². The van der Waals surface area contributed by atoms with Crippen LogP contribution in [0.15, 0.2) is 30.5 Å². The molecule has 2 rings (SSSR count). The molecule has 102 valence electrons. The molecule has 0 fully saturated rings. The Kier molecular flexibility index (Phi) is 4.92. The van der Waals surface area contributed by atoms with Crippen LogP contribution in [0.25, 0.3) is 0 Å². The predicted octanol–water partition coefficient (Wildman–Crippen LogP) is 1.59. The first-order valence-electron chi connectivity index (χ1n) is 6.44. The molecule has 1 heterocycles. The smallest absolute Gasteiger partial charge is 0.252 e. The zero-order valence-electron chi connectivity index (χ0n) is 11.1. The minimum Gasteiger partial charge on any atom is -0.383 e. The molecule has 0 aliphatic heterocycles. The van der Waals surface area contributed by atoms with Crippen molar-refractivity contribution in [3.63, 3.8) is 0 Å². The SMILES string of the molecule is COCCNC(=O)c1ccc(NC2CC=CC2)nc1. The van der Waals surface area contributed by atoms with Crippen LogP contribution < -0.4 is 10.6 Å². The van der Waals surface area contributed by atoms with Crippen molar-refractivity contribution in [3.8, 4) is 0 Å². The number of carbonyl (C=O) groups is 1. The van der Waals surface area contributed by atoms with Gasteiger partial charge >= 0.3 is 0 Å². The molecule has 1 aromatic heterocycles. The summed E-state index contributed by atoms with van der Waals surface area (Å²) in [6.45, 7) is 1.01. The van der Waals surface area contributed by atoms with E-state index in [0.29, 0.717) is 24.8 Å². The summed E-state index contributed by atoms with van der Waals surface area (Å²) >= 11 is 0. The van der Waals surface area contributed by atoms with E-state index in [0.717, 1.165) is 18.7 Å². The van der Waals surface area contributed by atoms with Crippen molar-refractivity contribution in [1.82, 2.24) is 10.3 Å². The molecule has 1 aliphatic carbocycles. The van der Waals surface area contributed by atoms with E-state index in [1.165, 1.54) is 0 Å². The summed E-state index contributed by atoms with van der Waals surface area (Å²) < 4.78 is 4.88. The van der Waals surface area contributed by atoms with E-state index >= 15 is 0 Å². The van der Waals surface area contributed by atoms with Gasteiger partial charge in [-0.2, -0.15) is 0 Å². The first-order chi connectivity index (χ1) is 9.29. The van der Waals surface area contributed by atoms with Crippen LogP contribution in [0.1, 0.15) is 23.2 Å².